The predicted octanol–water partition coefficient (Wildman–Crippen LogP) is 9.60. The molecule has 52 heavy (non-hydrogen) atoms. The fraction of sp³-hybridized carbons (Fsp3) is 0.432. The second-order valence-electron chi connectivity index (χ2n) is 15.3. The lowest BCUT2D eigenvalue weighted by Crippen LogP contribution is -2.63. The van der Waals surface area contributed by atoms with E-state index in [1.165, 1.54) is 12.1 Å². The number of amides is 1. The van der Waals surface area contributed by atoms with Crippen LogP contribution in [0.2, 0.25) is 0 Å². The van der Waals surface area contributed by atoms with E-state index >= 15 is 0 Å². The first-order valence-corrected chi connectivity index (χ1v) is 18.5. The first-order valence-electron chi connectivity index (χ1n) is 18.5. The molecule has 0 spiro atoms. The standard InChI is InChI=1S/C44H54F2N2O4/c1-32(2)21-22-39-29-48(43(49)52-44(3,4)5)41(31-50-39)42(51-30-35-19-13-8-14-20-35)40(25-36-23-37(45)26-38(46)24-36)47(27-33-15-9-6-10-16-33)28-34-17-11-7-12-18-34/h6-20,23-24,26,32,39-42H,21-22,25,27-31H2,1-5H3/t39?,40-,41?,42-/m0/s1. The zero-order chi connectivity index (χ0) is 37.1. The Balaban J connectivity index is 1.63. The summed E-state index contributed by atoms with van der Waals surface area (Å²) in [7, 11) is 0. The van der Waals surface area contributed by atoms with Crippen molar-refractivity contribution in [2.45, 2.75) is 103 Å². The minimum atomic E-state index is -0.723. The number of nitrogens with zero attached hydrogens (tertiary/aromatic N) is 2. The molecule has 2 unspecified atom stereocenters. The molecule has 4 aromatic rings. The molecule has 0 aromatic heterocycles. The van der Waals surface area contributed by atoms with Gasteiger partial charge in [0, 0.05) is 25.2 Å². The smallest absolute Gasteiger partial charge is 0.410 e. The zero-order valence-electron chi connectivity index (χ0n) is 31.2. The van der Waals surface area contributed by atoms with Gasteiger partial charge >= 0.3 is 6.09 Å². The fourth-order valence-electron chi connectivity index (χ4n) is 6.82. The SMILES string of the molecule is CC(C)CCC1CN(C(=O)OC(C)(C)C)C([C@@H](OCc2ccccc2)[C@H](Cc2cc(F)cc(F)c2)N(Cc2ccccc2)Cc2ccccc2)CO1. The highest BCUT2D eigenvalue weighted by molar-refractivity contribution is 5.69. The summed E-state index contributed by atoms with van der Waals surface area (Å²) in [4.78, 5) is 18.3. The van der Waals surface area contributed by atoms with E-state index in [-0.39, 0.29) is 25.7 Å². The number of carbonyl (C=O) groups excluding carboxylic acids is 1. The Hall–Kier alpha value is -4.11. The Kier molecular flexibility index (Phi) is 14.0. The zero-order valence-corrected chi connectivity index (χ0v) is 31.2. The maximum atomic E-state index is 14.8. The van der Waals surface area contributed by atoms with Crippen LogP contribution in [-0.2, 0) is 40.3 Å². The van der Waals surface area contributed by atoms with E-state index in [4.69, 9.17) is 14.2 Å². The third-order valence-corrected chi connectivity index (χ3v) is 9.33. The largest absolute Gasteiger partial charge is 0.444 e. The summed E-state index contributed by atoms with van der Waals surface area (Å²) in [6, 6.07) is 32.8. The molecule has 6 nitrogen and oxygen atoms in total. The van der Waals surface area contributed by atoms with Crippen molar-refractivity contribution in [3.8, 4) is 0 Å². The Morgan fingerprint density at radius 1 is 0.827 bits per heavy atom. The molecule has 4 aromatic carbocycles. The molecular weight excluding hydrogens is 658 g/mol. The van der Waals surface area contributed by atoms with Gasteiger partial charge in [-0.05, 0) is 80.3 Å². The van der Waals surface area contributed by atoms with Gasteiger partial charge in [0.2, 0.25) is 0 Å². The summed E-state index contributed by atoms with van der Waals surface area (Å²) < 4.78 is 49.3. The summed E-state index contributed by atoms with van der Waals surface area (Å²) in [5, 5.41) is 0. The Bertz CT molecular complexity index is 1600. The molecule has 1 saturated heterocycles. The molecule has 1 aliphatic heterocycles. The minimum absolute atomic E-state index is 0.165. The van der Waals surface area contributed by atoms with Crippen LogP contribution in [0.4, 0.5) is 13.6 Å². The van der Waals surface area contributed by atoms with Crippen molar-refractivity contribution in [2.24, 2.45) is 5.92 Å². The monoisotopic (exact) mass is 712 g/mol. The number of ether oxygens (including phenoxy) is 3. The molecule has 278 valence electrons. The van der Waals surface area contributed by atoms with Crippen LogP contribution >= 0.6 is 0 Å². The van der Waals surface area contributed by atoms with E-state index in [1.54, 1.807) is 4.90 Å². The second-order valence-corrected chi connectivity index (χ2v) is 15.3. The quantitative estimate of drug-likeness (QED) is 0.123. The van der Waals surface area contributed by atoms with Crippen molar-refractivity contribution in [2.75, 3.05) is 13.2 Å². The lowest BCUT2D eigenvalue weighted by atomic mass is 9.91. The normalized spacial score (nSPS) is 17.7. The van der Waals surface area contributed by atoms with E-state index in [1.807, 2.05) is 87.5 Å². The average molecular weight is 713 g/mol. The highest BCUT2D eigenvalue weighted by atomic mass is 19.1. The number of carbonyl (C=O) groups is 1. The number of rotatable bonds is 15. The van der Waals surface area contributed by atoms with E-state index in [2.05, 4.69) is 43.0 Å². The van der Waals surface area contributed by atoms with E-state index < -0.39 is 41.5 Å². The van der Waals surface area contributed by atoms with Gasteiger partial charge in [-0.25, -0.2) is 13.6 Å². The highest BCUT2D eigenvalue weighted by Crippen LogP contribution is 2.30. The van der Waals surface area contributed by atoms with Crippen molar-refractivity contribution in [1.82, 2.24) is 9.80 Å². The third kappa shape index (κ3) is 12.0. The number of benzene rings is 4. The molecule has 8 heteroatoms. The molecule has 1 amide bonds. The second kappa shape index (κ2) is 18.6. The summed E-state index contributed by atoms with van der Waals surface area (Å²) in [5.41, 5.74) is 2.90. The summed E-state index contributed by atoms with van der Waals surface area (Å²) >= 11 is 0. The molecular formula is C44H54F2N2O4. The maximum absolute atomic E-state index is 14.8. The molecule has 0 aliphatic carbocycles. The Morgan fingerprint density at radius 3 is 1.88 bits per heavy atom. The Morgan fingerprint density at radius 2 is 1.37 bits per heavy atom. The van der Waals surface area contributed by atoms with E-state index in [9.17, 15) is 13.6 Å². The van der Waals surface area contributed by atoms with Crippen molar-refractivity contribution in [3.63, 3.8) is 0 Å². The maximum Gasteiger partial charge on any atom is 0.410 e. The van der Waals surface area contributed by atoms with Gasteiger partial charge in [-0.3, -0.25) is 9.80 Å². The van der Waals surface area contributed by atoms with Gasteiger partial charge in [0.05, 0.1) is 38.0 Å². The molecule has 0 bridgehead atoms. The molecule has 1 heterocycles. The molecule has 4 atom stereocenters. The van der Waals surface area contributed by atoms with Gasteiger partial charge in [-0.2, -0.15) is 0 Å². The number of hydrogen-bond acceptors (Lipinski definition) is 5. The van der Waals surface area contributed by atoms with E-state index in [0.29, 0.717) is 31.1 Å². The topological polar surface area (TPSA) is 51.2 Å². The van der Waals surface area contributed by atoms with Gasteiger partial charge < -0.3 is 14.2 Å². The first kappa shape index (κ1) is 39.1. The molecule has 1 fully saturated rings. The van der Waals surface area contributed by atoms with Gasteiger partial charge in [-0.15, -0.1) is 0 Å². The summed E-state index contributed by atoms with van der Waals surface area (Å²) in [6.45, 7) is 11.8. The van der Waals surface area contributed by atoms with Crippen LogP contribution < -0.4 is 0 Å². The lowest BCUT2D eigenvalue weighted by molar-refractivity contribution is -0.137. The molecule has 0 N–H and O–H groups in total. The minimum Gasteiger partial charge on any atom is -0.444 e. The third-order valence-electron chi connectivity index (χ3n) is 9.33. The van der Waals surface area contributed by atoms with Crippen LogP contribution in [0.3, 0.4) is 0 Å². The number of halogens is 2. The fourth-order valence-corrected chi connectivity index (χ4v) is 6.82. The van der Waals surface area contributed by atoms with Gasteiger partial charge in [-0.1, -0.05) is 105 Å². The van der Waals surface area contributed by atoms with Gasteiger partial charge in [0.1, 0.15) is 17.2 Å². The van der Waals surface area contributed by atoms with Crippen LogP contribution in [0.15, 0.2) is 109 Å². The molecule has 5 rings (SSSR count). The molecule has 0 radical (unpaired) electrons. The average Bonchev–Trinajstić information content (AvgIpc) is 3.10. The Labute approximate surface area is 308 Å². The molecule has 1 aliphatic rings. The van der Waals surface area contributed by atoms with E-state index in [0.717, 1.165) is 35.6 Å². The van der Waals surface area contributed by atoms with Gasteiger partial charge in [0.15, 0.2) is 0 Å². The van der Waals surface area contributed by atoms with Crippen molar-refractivity contribution >= 4 is 6.09 Å². The van der Waals surface area contributed by atoms with Crippen LogP contribution in [0.25, 0.3) is 0 Å². The van der Waals surface area contributed by atoms with Crippen LogP contribution in [0.1, 0.15) is 69.7 Å². The van der Waals surface area contributed by atoms with Gasteiger partial charge in [0.25, 0.3) is 0 Å². The first-order chi connectivity index (χ1) is 24.9. The summed E-state index contributed by atoms with van der Waals surface area (Å²) in [5.74, 6) is -0.797. The predicted molar refractivity (Wildman–Crippen MR) is 202 cm³/mol. The van der Waals surface area contributed by atoms with Crippen molar-refractivity contribution < 1.29 is 27.8 Å². The number of morpholine rings is 1. The van der Waals surface area contributed by atoms with Crippen LogP contribution in [0.5, 0.6) is 0 Å². The number of hydrogen-bond donors (Lipinski definition) is 0. The highest BCUT2D eigenvalue weighted by Gasteiger charge is 2.44. The van der Waals surface area contributed by atoms with Crippen LogP contribution in [0, 0.1) is 17.6 Å². The van der Waals surface area contributed by atoms with Crippen LogP contribution in [-0.4, -0.2) is 58.9 Å². The molecule has 0 saturated carbocycles. The van der Waals surface area contributed by atoms with Crippen molar-refractivity contribution in [3.05, 3.63) is 143 Å². The van der Waals surface area contributed by atoms with Crippen molar-refractivity contribution in [1.29, 1.82) is 0 Å². The lowest BCUT2D eigenvalue weighted by Gasteiger charge is -2.47. The summed E-state index contributed by atoms with van der Waals surface area (Å²) in [6.07, 6.45) is 0.764.